The van der Waals surface area contributed by atoms with E-state index in [1.54, 1.807) is 36.0 Å². The second-order valence-corrected chi connectivity index (χ2v) is 7.71. The zero-order chi connectivity index (χ0) is 18.7. The zero-order valence-electron chi connectivity index (χ0n) is 14.8. The smallest absolute Gasteiger partial charge is 0.387 e. The molecule has 1 heterocycles. The topological polar surface area (TPSA) is 27.1 Å². The SMILES string of the molecule is Cc1ccc(-c2cnc(SC(C)C)n2-c2ccc(OC(F)F)cc2)cc1. The normalized spacial score (nSPS) is 11.3. The Morgan fingerprint density at radius 3 is 2.23 bits per heavy atom. The fourth-order valence-corrected chi connectivity index (χ4v) is 3.43. The number of aryl methyl sites for hydroxylation is 1. The number of halogens is 2. The summed E-state index contributed by atoms with van der Waals surface area (Å²) in [4.78, 5) is 4.58. The van der Waals surface area contributed by atoms with E-state index in [1.165, 1.54) is 5.56 Å². The highest BCUT2D eigenvalue weighted by Crippen LogP contribution is 2.32. The van der Waals surface area contributed by atoms with E-state index >= 15 is 0 Å². The molecule has 3 aromatic rings. The predicted molar refractivity (Wildman–Crippen MR) is 101 cm³/mol. The number of ether oxygens (including phenoxy) is 1. The summed E-state index contributed by atoms with van der Waals surface area (Å²) in [5.41, 5.74) is 4.04. The van der Waals surface area contributed by atoms with Crippen LogP contribution in [0.25, 0.3) is 16.9 Å². The summed E-state index contributed by atoms with van der Waals surface area (Å²) in [5.74, 6) is 0.138. The van der Waals surface area contributed by atoms with Crippen molar-refractivity contribution in [1.82, 2.24) is 9.55 Å². The molecule has 6 heteroatoms. The van der Waals surface area contributed by atoms with Crippen LogP contribution in [0.3, 0.4) is 0 Å². The largest absolute Gasteiger partial charge is 0.435 e. The number of benzene rings is 2. The van der Waals surface area contributed by atoms with E-state index < -0.39 is 6.61 Å². The molecule has 0 spiro atoms. The van der Waals surface area contributed by atoms with Crippen molar-refractivity contribution < 1.29 is 13.5 Å². The number of alkyl halides is 2. The Balaban J connectivity index is 2.05. The van der Waals surface area contributed by atoms with Gasteiger partial charge in [-0.15, -0.1) is 0 Å². The van der Waals surface area contributed by atoms with Gasteiger partial charge < -0.3 is 4.74 Å². The summed E-state index contributed by atoms with van der Waals surface area (Å²) < 4.78 is 31.2. The van der Waals surface area contributed by atoms with Gasteiger partial charge in [-0.2, -0.15) is 8.78 Å². The summed E-state index contributed by atoms with van der Waals surface area (Å²) in [6, 6.07) is 14.8. The third-order valence-corrected chi connectivity index (χ3v) is 4.71. The van der Waals surface area contributed by atoms with E-state index in [1.807, 2.05) is 17.7 Å². The Kier molecular flexibility index (Phi) is 5.61. The average molecular weight is 374 g/mol. The first-order valence-electron chi connectivity index (χ1n) is 8.30. The maximum absolute atomic E-state index is 12.4. The first kappa shape index (κ1) is 18.5. The molecule has 0 radical (unpaired) electrons. The lowest BCUT2D eigenvalue weighted by atomic mass is 10.1. The molecule has 26 heavy (non-hydrogen) atoms. The predicted octanol–water partition coefficient (Wildman–Crippen LogP) is 5.95. The van der Waals surface area contributed by atoms with Crippen molar-refractivity contribution in [3.8, 4) is 22.7 Å². The maximum Gasteiger partial charge on any atom is 0.387 e. The molecule has 136 valence electrons. The minimum absolute atomic E-state index is 0.138. The molecule has 0 atom stereocenters. The number of rotatable bonds is 6. The van der Waals surface area contributed by atoms with E-state index in [9.17, 15) is 8.78 Å². The lowest BCUT2D eigenvalue weighted by Gasteiger charge is -2.14. The van der Waals surface area contributed by atoms with Crippen molar-refractivity contribution in [2.24, 2.45) is 0 Å². The number of nitrogens with zero attached hydrogens (tertiary/aromatic N) is 2. The van der Waals surface area contributed by atoms with Crippen LogP contribution in [-0.2, 0) is 0 Å². The number of imidazole rings is 1. The Bertz CT molecular complexity index is 859. The first-order valence-corrected chi connectivity index (χ1v) is 9.18. The van der Waals surface area contributed by atoms with E-state index in [2.05, 4.69) is 47.8 Å². The van der Waals surface area contributed by atoms with Gasteiger partial charge in [0.2, 0.25) is 0 Å². The quantitative estimate of drug-likeness (QED) is 0.499. The highest BCUT2D eigenvalue weighted by atomic mass is 32.2. The highest BCUT2D eigenvalue weighted by Gasteiger charge is 2.15. The van der Waals surface area contributed by atoms with Crippen molar-refractivity contribution in [2.45, 2.75) is 37.8 Å². The highest BCUT2D eigenvalue weighted by molar-refractivity contribution is 7.99. The van der Waals surface area contributed by atoms with Crippen LogP contribution in [0.5, 0.6) is 5.75 Å². The van der Waals surface area contributed by atoms with Gasteiger partial charge >= 0.3 is 6.61 Å². The lowest BCUT2D eigenvalue weighted by molar-refractivity contribution is -0.0498. The van der Waals surface area contributed by atoms with Gasteiger partial charge in [0.1, 0.15) is 5.75 Å². The minimum Gasteiger partial charge on any atom is -0.435 e. The van der Waals surface area contributed by atoms with Crippen LogP contribution in [0.15, 0.2) is 59.9 Å². The average Bonchev–Trinajstić information content (AvgIpc) is 2.98. The summed E-state index contributed by atoms with van der Waals surface area (Å²) in [7, 11) is 0. The molecule has 1 aromatic heterocycles. The molecule has 0 aliphatic heterocycles. The van der Waals surface area contributed by atoms with E-state index in [4.69, 9.17) is 0 Å². The Morgan fingerprint density at radius 1 is 1.00 bits per heavy atom. The lowest BCUT2D eigenvalue weighted by Crippen LogP contribution is -2.03. The number of thioether (sulfide) groups is 1. The standard InChI is InChI=1S/C20H20F2N2OS/c1-13(2)26-20-23-12-18(15-6-4-14(3)5-7-15)24(20)16-8-10-17(11-9-16)25-19(21)22/h4-13,19H,1-3H3. The monoisotopic (exact) mass is 374 g/mol. The number of hydrogen-bond donors (Lipinski definition) is 0. The maximum atomic E-state index is 12.4. The fourth-order valence-electron chi connectivity index (χ4n) is 2.58. The molecular weight excluding hydrogens is 354 g/mol. The second-order valence-electron chi connectivity index (χ2n) is 6.17. The van der Waals surface area contributed by atoms with Gasteiger partial charge in [-0.25, -0.2) is 4.98 Å². The molecule has 0 N–H and O–H groups in total. The third-order valence-electron chi connectivity index (χ3n) is 3.74. The van der Waals surface area contributed by atoms with E-state index in [-0.39, 0.29) is 5.75 Å². The van der Waals surface area contributed by atoms with Crippen LogP contribution in [-0.4, -0.2) is 21.4 Å². The number of aromatic nitrogens is 2. The minimum atomic E-state index is -2.83. The second kappa shape index (κ2) is 7.91. The van der Waals surface area contributed by atoms with E-state index in [0.29, 0.717) is 5.25 Å². The molecule has 0 aliphatic rings. The molecule has 3 nitrogen and oxygen atoms in total. The molecule has 0 amide bonds. The van der Waals surface area contributed by atoms with E-state index in [0.717, 1.165) is 22.1 Å². The van der Waals surface area contributed by atoms with Gasteiger partial charge in [0.25, 0.3) is 0 Å². The summed E-state index contributed by atoms with van der Waals surface area (Å²) in [6.45, 7) is 3.43. The Hall–Kier alpha value is -2.34. The molecule has 0 saturated carbocycles. The summed E-state index contributed by atoms with van der Waals surface area (Å²) >= 11 is 1.65. The Morgan fingerprint density at radius 2 is 1.65 bits per heavy atom. The zero-order valence-corrected chi connectivity index (χ0v) is 15.6. The van der Waals surface area contributed by atoms with Gasteiger partial charge in [0, 0.05) is 16.5 Å². The fraction of sp³-hybridized carbons (Fsp3) is 0.250. The molecule has 2 aromatic carbocycles. The molecular formula is C20H20F2N2OS. The summed E-state index contributed by atoms with van der Waals surface area (Å²) in [6.07, 6.45) is 1.85. The van der Waals surface area contributed by atoms with Crippen LogP contribution in [0.4, 0.5) is 8.78 Å². The van der Waals surface area contributed by atoms with Gasteiger partial charge in [-0.1, -0.05) is 55.4 Å². The summed E-state index contributed by atoms with van der Waals surface area (Å²) in [5, 5.41) is 1.22. The van der Waals surface area contributed by atoms with Crippen molar-refractivity contribution in [3.05, 3.63) is 60.3 Å². The van der Waals surface area contributed by atoms with Crippen LogP contribution in [0.2, 0.25) is 0 Å². The Labute approximate surface area is 156 Å². The van der Waals surface area contributed by atoms with Crippen LogP contribution in [0, 0.1) is 6.92 Å². The molecule has 0 bridgehead atoms. The van der Waals surface area contributed by atoms with Gasteiger partial charge in [-0.05, 0) is 31.2 Å². The van der Waals surface area contributed by atoms with Crippen molar-refractivity contribution in [3.63, 3.8) is 0 Å². The van der Waals surface area contributed by atoms with Gasteiger partial charge in [-0.3, -0.25) is 4.57 Å². The number of hydrogen-bond acceptors (Lipinski definition) is 3. The molecule has 3 rings (SSSR count). The van der Waals surface area contributed by atoms with Crippen LogP contribution in [0.1, 0.15) is 19.4 Å². The molecule has 0 saturated heterocycles. The third kappa shape index (κ3) is 4.25. The van der Waals surface area contributed by atoms with Crippen molar-refractivity contribution in [2.75, 3.05) is 0 Å². The van der Waals surface area contributed by atoms with Gasteiger partial charge in [0.15, 0.2) is 5.16 Å². The van der Waals surface area contributed by atoms with Crippen LogP contribution >= 0.6 is 11.8 Å². The van der Waals surface area contributed by atoms with Crippen LogP contribution < -0.4 is 4.74 Å². The molecule has 0 fully saturated rings. The van der Waals surface area contributed by atoms with Gasteiger partial charge in [0.05, 0.1) is 11.9 Å². The molecule has 0 unspecified atom stereocenters. The first-order chi connectivity index (χ1) is 12.4. The van der Waals surface area contributed by atoms with Crippen molar-refractivity contribution >= 4 is 11.8 Å². The molecule has 0 aliphatic carbocycles. The van der Waals surface area contributed by atoms with Crippen molar-refractivity contribution in [1.29, 1.82) is 0 Å².